The first-order valence-corrected chi connectivity index (χ1v) is 4.61. The molecule has 1 rings (SSSR count). The zero-order chi connectivity index (χ0) is 12.0. The number of hydrogen-bond acceptors (Lipinski definition) is 4. The van der Waals surface area contributed by atoms with Gasteiger partial charge >= 0.3 is 0 Å². The zero-order valence-electron chi connectivity index (χ0n) is 8.55. The Morgan fingerprint density at radius 2 is 2.00 bits per heavy atom. The largest absolute Gasteiger partial charge is 0.409 e. The van der Waals surface area contributed by atoms with Crippen molar-refractivity contribution in [3.8, 4) is 0 Å². The van der Waals surface area contributed by atoms with Gasteiger partial charge in [0.2, 0.25) is 5.91 Å². The molecule has 0 heterocycles. The van der Waals surface area contributed by atoms with E-state index >= 15 is 0 Å². The number of aliphatic hydroxyl groups is 1. The highest BCUT2D eigenvalue weighted by Crippen LogP contribution is 2.03. The van der Waals surface area contributed by atoms with Gasteiger partial charge in [0.1, 0.15) is 6.61 Å². The fourth-order valence-electron chi connectivity index (χ4n) is 1.11. The first-order chi connectivity index (χ1) is 7.67. The quantitative estimate of drug-likeness (QED) is 0.236. The second-order valence-electron chi connectivity index (χ2n) is 3.12. The molecule has 0 aliphatic heterocycles. The summed E-state index contributed by atoms with van der Waals surface area (Å²) in [6.07, 6.45) is 0. The second-order valence-corrected chi connectivity index (χ2v) is 3.12. The van der Waals surface area contributed by atoms with E-state index in [4.69, 9.17) is 16.0 Å². The number of carbonyl (C=O) groups is 1. The van der Waals surface area contributed by atoms with Gasteiger partial charge in [0.25, 0.3) is 0 Å². The van der Waals surface area contributed by atoms with Gasteiger partial charge in [-0.15, -0.1) is 0 Å². The van der Waals surface area contributed by atoms with Gasteiger partial charge < -0.3 is 21.4 Å². The van der Waals surface area contributed by atoms with E-state index in [2.05, 4.69) is 10.5 Å². The van der Waals surface area contributed by atoms with E-state index in [1.807, 2.05) is 0 Å². The van der Waals surface area contributed by atoms with Gasteiger partial charge in [-0.25, -0.2) is 0 Å². The molecule has 0 atom stereocenters. The molecule has 0 spiro atoms. The van der Waals surface area contributed by atoms with Crippen molar-refractivity contribution in [1.82, 2.24) is 5.32 Å². The summed E-state index contributed by atoms with van der Waals surface area (Å²) in [6.45, 7) is -0.196. The van der Waals surface area contributed by atoms with Crippen LogP contribution in [0.25, 0.3) is 0 Å². The Labute approximate surface area is 92.4 Å². The van der Waals surface area contributed by atoms with Crippen LogP contribution in [0.5, 0.6) is 0 Å². The number of amidine groups is 1. The molecule has 0 aromatic heterocycles. The van der Waals surface area contributed by atoms with Crippen LogP contribution in [0, 0.1) is 0 Å². The number of carbonyl (C=O) groups excluding carboxylic acids is 1. The molecule has 1 aromatic rings. The molecule has 0 bridgehead atoms. The van der Waals surface area contributed by atoms with E-state index in [1.165, 1.54) is 0 Å². The average Bonchev–Trinajstić information content (AvgIpc) is 2.35. The molecule has 5 N–H and O–H groups in total. The summed E-state index contributed by atoms with van der Waals surface area (Å²) >= 11 is 0. The Morgan fingerprint density at radius 3 is 2.50 bits per heavy atom. The third-order valence-corrected chi connectivity index (χ3v) is 1.99. The van der Waals surface area contributed by atoms with Gasteiger partial charge in [-0.2, -0.15) is 0 Å². The Hall–Kier alpha value is -2.08. The number of nitrogens with two attached hydrogens (primary N) is 1. The zero-order valence-corrected chi connectivity index (χ0v) is 8.55. The maximum absolute atomic E-state index is 10.8. The Balaban J connectivity index is 2.61. The second kappa shape index (κ2) is 5.72. The molecular formula is C10H13N3O3. The molecule has 6 nitrogen and oxygen atoms in total. The highest BCUT2D eigenvalue weighted by atomic mass is 16.4. The van der Waals surface area contributed by atoms with Crippen LogP contribution in [0.1, 0.15) is 11.1 Å². The van der Waals surface area contributed by atoms with Gasteiger partial charge in [-0.1, -0.05) is 29.4 Å². The molecule has 86 valence electrons. The highest BCUT2D eigenvalue weighted by Gasteiger charge is 2.00. The molecule has 0 saturated carbocycles. The minimum absolute atomic E-state index is 0.0333. The van der Waals surface area contributed by atoms with Crippen LogP contribution >= 0.6 is 0 Å². The maximum atomic E-state index is 10.8. The predicted octanol–water partition coefficient (Wildman–Crippen LogP) is -0.610. The number of amides is 1. The van der Waals surface area contributed by atoms with Crippen molar-refractivity contribution in [3.05, 3.63) is 35.4 Å². The minimum Gasteiger partial charge on any atom is -0.409 e. The number of nitrogens with zero attached hydrogens (tertiary/aromatic N) is 1. The van der Waals surface area contributed by atoms with Crippen LogP contribution in [0.15, 0.2) is 29.4 Å². The lowest BCUT2D eigenvalue weighted by molar-refractivity contribution is -0.123. The Morgan fingerprint density at radius 1 is 1.38 bits per heavy atom. The van der Waals surface area contributed by atoms with Crippen molar-refractivity contribution in [1.29, 1.82) is 0 Å². The summed E-state index contributed by atoms with van der Waals surface area (Å²) in [5, 5.41) is 22.3. The highest BCUT2D eigenvalue weighted by molar-refractivity contribution is 5.96. The lowest BCUT2D eigenvalue weighted by Crippen LogP contribution is -2.25. The molecule has 0 saturated heterocycles. The SMILES string of the molecule is N/C(=N\O)c1ccc(CNC(=O)CO)cc1. The molecule has 0 aliphatic carbocycles. The van der Waals surface area contributed by atoms with E-state index in [0.29, 0.717) is 12.1 Å². The number of oxime groups is 1. The van der Waals surface area contributed by atoms with E-state index in [0.717, 1.165) is 5.56 Å². The lowest BCUT2D eigenvalue weighted by Gasteiger charge is -2.04. The van der Waals surface area contributed by atoms with E-state index in [1.54, 1.807) is 24.3 Å². The van der Waals surface area contributed by atoms with E-state index < -0.39 is 12.5 Å². The minimum atomic E-state index is -0.526. The van der Waals surface area contributed by atoms with Gasteiger partial charge in [-0.3, -0.25) is 4.79 Å². The van der Waals surface area contributed by atoms with Gasteiger partial charge in [0.15, 0.2) is 5.84 Å². The molecule has 6 heteroatoms. The van der Waals surface area contributed by atoms with Gasteiger partial charge in [-0.05, 0) is 5.56 Å². The third kappa shape index (κ3) is 3.25. The summed E-state index contributed by atoms with van der Waals surface area (Å²) in [6, 6.07) is 6.83. The van der Waals surface area contributed by atoms with Gasteiger partial charge in [0, 0.05) is 12.1 Å². The summed E-state index contributed by atoms with van der Waals surface area (Å²) in [5.74, 6) is -0.397. The van der Waals surface area contributed by atoms with Crippen LogP contribution in [0.3, 0.4) is 0 Å². The number of hydrogen-bond donors (Lipinski definition) is 4. The first-order valence-electron chi connectivity index (χ1n) is 4.61. The summed E-state index contributed by atoms with van der Waals surface area (Å²) < 4.78 is 0. The normalized spacial score (nSPS) is 11.2. The number of nitrogens with one attached hydrogen (secondary N) is 1. The van der Waals surface area contributed by atoms with Crippen LogP contribution in [0.4, 0.5) is 0 Å². The smallest absolute Gasteiger partial charge is 0.245 e. The van der Waals surface area contributed by atoms with Gasteiger partial charge in [0.05, 0.1) is 0 Å². The molecule has 1 aromatic carbocycles. The van der Waals surface area contributed by atoms with Crippen molar-refractivity contribution in [2.45, 2.75) is 6.54 Å². The van der Waals surface area contributed by atoms with Crippen molar-refractivity contribution >= 4 is 11.7 Å². The van der Waals surface area contributed by atoms with Crippen molar-refractivity contribution in [2.24, 2.45) is 10.9 Å². The predicted molar refractivity (Wildman–Crippen MR) is 57.9 cm³/mol. The number of benzene rings is 1. The molecule has 0 radical (unpaired) electrons. The average molecular weight is 223 g/mol. The molecular weight excluding hydrogens is 210 g/mol. The van der Waals surface area contributed by atoms with Crippen molar-refractivity contribution in [2.75, 3.05) is 6.61 Å². The molecule has 0 fully saturated rings. The van der Waals surface area contributed by atoms with Crippen LogP contribution in [-0.4, -0.2) is 28.7 Å². The third-order valence-electron chi connectivity index (χ3n) is 1.99. The standard InChI is InChI=1S/C10H13N3O3/c11-10(13-16)8-3-1-7(2-4-8)5-12-9(15)6-14/h1-4,14,16H,5-6H2,(H2,11,13)(H,12,15). The monoisotopic (exact) mass is 223 g/mol. The molecule has 16 heavy (non-hydrogen) atoms. The Kier molecular flexibility index (Phi) is 4.28. The van der Waals surface area contributed by atoms with E-state index in [-0.39, 0.29) is 5.84 Å². The van der Waals surface area contributed by atoms with Crippen molar-refractivity contribution < 1.29 is 15.1 Å². The van der Waals surface area contributed by atoms with Crippen LogP contribution < -0.4 is 11.1 Å². The summed E-state index contributed by atoms with van der Waals surface area (Å²) in [4.78, 5) is 10.8. The molecule has 1 amide bonds. The van der Waals surface area contributed by atoms with Crippen LogP contribution in [-0.2, 0) is 11.3 Å². The maximum Gasteiger partial charge on any atom is 0.245 e. The first kappa shape index (κ1) is 12.0. The van der Waals surface area contributed by atoms with Crippen LogP contribution in [0.2, 0.25) is 0 Å². The number of rotatable bonds is 4. The topological polar surface area (TPSA) is 108 Å². The fourth-order valence-corrected chi connectivity index (χ4v) is 1.11. The lowest BCUT2D eigenvalue weighted by atomic mass is 10.1. The molecule has 0 unspecified atom stereocenters. The van der Waals surface area contributed by atoms with Crippen molar-refractivity contribution in [3.63, 3.8) is 0 Å². The summed E-state index contributed by atoms with van der Waals surface area (Å²) in [5.41, 5.74) is 6.84. The van der Waals surface area contributed by atoms with E-state index in [9.17, 15) is 4.79 Å². The molecule has 0 aliphatic rings. The fraction of sp³-hybridized carbons (Fsp3) is 0.200. The Bertz CT molecular complexity index is 387. The summed E-state index contributed by atoms with van der Waals surface area (Å²) in [7, 11) is 0. The number of aliphatic hydroxyl groups excluding tert-OH is 1.